The van der Waals surface area contributed by atoms with Gasteiger partial charge in [-0.3, -0.25) is 0 Å². The Labute approximate surface area is 127 Å². The normalized spacial score (nSPS) is 11.4. The first-order chi connectivity index (χ1) is 10.2. The highest BCUT2D eigenvalue weighted by Crippen LogP contribution is 1.99. The van der Waals surface area contributed by atoms with Crippen molar-refractivity contribution in [3.8, 4) is 0 Å². The third-order valence-corrected chi connectivity index (χ3v) is 2.71. The predicted octanol–water partition coefficient (Wildman–Crippen LogP) is 2.36. The molecule has 1 heterocycles. The van der Waals surface area contributed by atoms with Crippen LogP contribution in [0.3, 0.4) is 0 Å². The van der Waals surface area contributed by atoms with Gasteiger partial charge in [0.05, 0.1) is 12.8 Å². The number of hydrogen-bond acceptors (Lipinski definition) is 3. The standard InChI is InChI=1S/C16H27N3O2/c1-4-20-11-6-9-17-16(19-13-14(2)3)18-10-8-15-7-5-12-21-15/h5,7,12H,2,4,6,8-11,13H2,1,3H3,(H2,17,18,19). The Bertz CT molecular complexity index is 413. The Morgan fingerprint density at radius 1 is 1.38 bits per heavy atom. The molecule has 0 amide bonds. The fourth-order valence-corrected chi connectivity index (χ4v) is 1.67. The monoisotopic (exact) mass is 293 g/mol. The zero-order valence-electron chi connectivity index (χ0n) is 13.2. The Morgan fingerprint density at radius 2 is 2.19 bits per heavy atom. The largest absolute Gasteiger partial charge is 0.469 e. The van der Waals surface area contributed by atoms with E-state index >= 15 is 0 Å². The van der Waals surface area contributed by atoms with Crippen LogP contribution in [0.2, 0.25) is 0 Å². The minimum absolute atomic E-state index is 0.627. The summed E-state index contributed by atoms with van der Waals surface area (Å²) in [6.07, 6.45) is 3.48. The van der Waals surface area contributed by atoms with Crippen molar-refractivity contribution in [3.63, 3.8) is 0 Å². The smallest absolute Gasteiger partial charge is 0.191 e. The molecule has 0 spiro atoms. The van der Waals surface area contributed by atoms with E-state index in [2.05, 4.69) is 22.2 Å². The van der Waals surface area contributed by atoms with E-state index in [1.165, 1.54) is 0 Å². The highest BCUT2D eigenvalue weighted by atomic mass is 16.5. The van der Waals surface area contributed by atoms with Crippen molar-refractivity contribution in [2.75, 3.05) is 32.8 Å². The summed E-state index contributed by atoms with van der Waals surface area (Å²) in [6.45, 7) is 11.6. The van der Waals surface area contributed by atoms with Gasteiger partial charge in [-0.1, -0.05) is 12.2 Å². The van der Waals surface area contributed by atoms with E-state index < -0.39 is 0 Å². The molecule has 2 N–H and O–H groups in total. The molecule has 0 fully saturated rings. The number of rotatable bonds is 10. The Morgan fingerprint density at radius 3 is 2.86 bits per heavy atom. The van der Waals surface area contributed by atoms with Gasteiger partial charge in [0.15, 0.2) is 5.96 Å². The average molecular weight is 293 g/mol. The van der Waals surface area contributed by atoms with Crippen LogP contribution in [-0.4, -0.2) is 38.8 Å². The molecule has 21 heavy (non-hydrogen) atoms. The second-order valence-corrected chi connectivity index (χ2v) is 4.86. The summed E-state index contributed by atoms with van der Waals surface area (Å²) in [5.74, 6) is 1.78. The van der Waals surface area contributed by atoms with E-state index in [4.69, 9.17) is 9.15 Å². The Balaban J connectivity index is 2.29. The van der Waals surface area contributed by atoms with Gasteiger partial charge in [-0.25, -0.2) is 4.99 Å². The summed E-state index contributed by atoms with van der Waals surface area (Å²) >= 11 is 0. The van der Waals surface area contributed by atoms with E-state index in [0.717, 1.165) is 56.4 Å². The molecule has 1 aromatic rings. The van der Waals surface area contributed by atoms with Crippen LogP contribution in [-0.2, 0) is 11.2 Å². The Kier molecular flexibility index (Phi) is 9.04. The molecule has 0 bridgehead atoms. The van der Waals surface area contributed by atoms with Crippen LogP contribution in [0.5, 0.6) is 0 Å². The highest BCUT2D eigenvalue weighted by molar-refractivity contribution is 5.79. The quantitative estimate of drug-likeness (QED) is 0.301. The van der Waals surface area contributed by atoms with Gasteiger partial charge < -0.3 is 19.8 Å². The zero-order chi connectivity index (χ0) is 15.3. The van der Waals surface area contributed by atoms with E-state index in [1.807, 2.05) is 26.0 Å². The first kappa shape index (κ1) is 17.3. The number of nitrogens with one attached hydrogen (secondary N) is 2. The van der Waals surface area contributed by atoms with E-state index in [1.54, 1.807) is 6.26 Å². The maximum absolute atomic E-state index is 5.32. The molecule has 0 saturated carbocycles. The highest BCUT2D eigenvalue weighted by Gasteiger charge is 2.00. The van der Waals surface area contributed by atoms with Gasteiger partial charge in [-0.2, -0.15) is 0 Å². The minimum atomic E-state index is 0.627. The van der Waals surface area contributed by atoms with E-state index in [-0.39, 0.29) is 0 Å². The zero-order valence-corrected chi connectivity index (χ0v) is 13.2. The van der Waals surface area contributed by atoms with Crippen molar-refractivity contribution in [2.24, 2.45) is 4.99 Å². The number of aliphatic imine (C=N–C) groups is 1. The molecule has 0 atom stereocenters. The topological polar surface area (TPSA) is 58.8 Å². The lowest BCUT2D eigenvalue weighted by atomic mass is 10.3. The van der Waals surface area contributed by atoms with Crippen molar-refractivity contribution < 1.29 is 9.15 Å². The van der Waals surface area contributed by atoms with Crippen LogP contribution in [0.1, 0.15) is 26.0 Å². The van der Waals surface area contributed by atoms with Crippen LogP contribution in [0.15, 0.2) is 40.0 Å². The summed E-state index contributed by atoms with van der Waals surface area (Å²) < 4.78 is 10.6. The molecule has 0 aliphatic heterocycles. The molecule has 0 saturated heterocycles. The first-order valence-electron chi connectivity index (χ1n) is 7.49. The molecular formula is C16H27N3O2. The second kappa shape index (κ2) is 11.0. The minimum Gasteiger partial charge on any atom is -0.469 e. The first-order valence-corrected chi connectivity index (χ1v) is 7.49. The molecule has 0 aromatic carbocycles. The lowest BCUT2D eigenvalue weighted by Crippen LogP contribution is -2.39. The molecule has 1 rings (SSSR count). The molecule has 0 aliphatic rings. The van der Waals surface area contributed by atoms with Gasteiger partial charge in [-0.15, -0.1) is 0 Å². The molecule has 118 valence electrons. The van der Waals surface area contributed by atoms with Gasteiger partial charge in [0.25, 0.3) is 0 Å². The molecule has 0 radical (unpaired) electrons. The SMILES string of the molecule is C=C(C)CN=C(NCCCOCC)NCCc1ccco1. The molecular weight excluding hydrogens is 266 g/mol. The molecule has 5 heteroatoms. The lowest BCUT2D eigenvalue weighted by molar-refractivity contribution is 0.145. The molecule has 0 aliphatic carbocycles. The van der Waals surface area contributed by atoms with E-state index in [0.29, 0.717) is 6.54 Å². The van der Waals surface area contributed by atoms with Gasteiger partial charge >= 0.3 is 0 Å². The van der Waals surface area contributed by atoms with Crippen LogP contribution < -0.4 is 10.6 Å². The molecule has 5 nitrogen and oxygen atoms in total. The number of hydrogen-bond donors (Lipinski definition) is 2. The van der Waals surface area contributed by atoms with Crippen LogP contribution in [0.25, 0.3) is 0 Å². The summed E-state index contributed by atoms with van der Waals surface area (Å²) in [5, 5.41) is 6.60. The van der Waals surface area contributed by atoms with Crippen molar-refractivity contribution in [2.45, 2.75) is 26.7 Å². The van der Waals surface area contributed by atoms with Gasteiger partial charge in [-0.05, 0) is 32.4 Å². The molecule has 1 aromatic heterocycles. The summed E-state index contributed by atoms with van der Waals surface area (Å²) in [4.78, 5) is 4.48. The third kappa shape index (κ3) is 8.92. The number of nitrogens with zero attached hydrogens (tertiary/aromatic N) is 1. The summed E-state index contributed by atoms with van der Waals surface area (Å²) in [7, 11) is 0. The van der Waals surface area contributed by atoms with Gasteiger partial charge in [0.1, 0.15) is 5.76 Å². The van der Waals surface area contributed by atoms with Crippen molar-refractivity contribution >= 4 is 5.96 Å². The van der Waals surface area contributed by atoms with Crippen LogP contribution in [0.4, 0.5) is 0 Å². The number of ether oxygens (including phenoxy) is 1. The van der Waals surface area contributed by atoms with Crippen LogP contribution >= 0.6 is 0 Å². The maximum Gasteiger partial charge on any atom is 0.191 e. The fraction of sp³-hybridized carbons (Fsp3) is 0.562. The second-order valence-electron chi connectivity index (χ2n) is 4.86. The van der Waals surface area contributed by atoms with Crippen LogP contribution in [0, 0.1) is 0 Å². The average Bonchev–Trinajstić information content (AvgIpc) is 2.97. The Hall–Kier alpha value is -1.75. The van der Waals surface area contributed by atoms with Gasteiger partial charge in [0.2, 0.25) is 0 Å². The lowest BCUT2D eigenvalue weighted by Gasteiger charge is -2.12. The number of furan rings is 1. The summed E-state index contributed by atoms with van der Waals surface area (Å²) in [5.41, 5.74) is 1.04. The van der Waals surface area contributed by atoms with Crippen molar-refractivity contribution in [3.05, 3.63) is 36.3 Å². The van der Waals surface area contributed by atoms with E-state index in [9.17, 15) is 0 Å². The molecule has 0 unspecified atom stereocenters. The predicted molar refractivity (Wildman–Crippen MR) is 86.6 cm³/mol. The summed E-state index contributed by atoms with van der Waals surface area (Å²) in [6, 6.07) is 3.87. The van der Waals surface area contributed by atoms with Gasteiger partial charge in [0, 0.05) is 32.7 Å². The number of guanidine groups is 1. The third-order valence-electron chi connectivity index (χ3n) is 2.71. The van der Waals surface area contributed by atoms with Crippen molar-refractivity contribution in [1.82, 2.24) is 10.6 Å². The fourth-order valence-electron chi connectivity index (χ4n) is 1.67. The van der Waals surface area contributed by atoms with Crippen molar-refractivity contribution in [1.29, 1.82) is 0 Å². The maximum atomic E-state index is 5.32.